The van der Waals surface area contributed by atoms with Gasteiger partial charge in [0.25, 0.3) is 0 Å². The normalized spacial score (nSPS) is 10.2. The summed E-state index contributed by atoms with van der Waals surface area (Å²) in [5.74, 6) is 0.983. The van der Waals surface area contributed by atoms with Crippen molar-refractivity contribution >= 4 is 35.0 Å². The van der Waals surface area contributed by atoms with Crippen LogP contribution in [-0.2, 0) is 9.59 Å². The Bertz CT molecular complexity index is 690. The summed E-state index contributed by atoms with van der Waals surface area (Å²) in [7, 11) is 0. The Morgan fingerprint density at radius 1 is 0.885 bits per heavy atom. The molecule has 0 spiro atoms. The van der Waals surface area contributed by atoms with Gasteiger partial charge in [-0.1, -0.05) is 31.5 Å². The Hall–Kier alpha value is -2.47. The number of thioether (sulfide) groups is 1. The summed E-state index contributed by atoms with van der Waals surface area (Å²) in [6, 6.07) is 16.6. The quantitative estimate of drug-likeness (QED) is 0.614. The van der Waals surface area contributed by atoms with Crippen molar-refractivity contribution in [3.63, 3.8) is 0 Å². The number of para-hydroxylation sites is 1. The van der Waals surface area contributed by atoms with Crippen molar-refractivity contribution in [1.29, 1.82) is 0 Å². The monoisotopic (exact) mass is 372 g/mol. The molecule has 2 aromatic rings. The van der Waals surface area contributed by atoms with Gasteiger partial charge in [-0.05, 0) is 42.8 Å². The second kappa shape index (κ2) is 11.2. The van der Waals surface area contributed by atoms with E-state index < -0.39 is 0 Å². The van der Waals surface area contributed by atoms with E-state index in [9.17, 15) is 9.59 Å². The molecule has 0 saturated heterocycles. The van der Waals surface area contributed by atoms with E-state index in [1.54, 1.807) is 0 Å². The fourth-order valence-corrected chi connectivity index (χ4v) is 2.74. The topological polar surface area (TPSA) is 67.4 Å². The van der Waals surface area contributed by atoms with Crippen molar-refractivity contribution in [2.45, 2.75) is 19.8 Å². The molecule has 0 saturated carbocycles. The van der Waals surface area contributed by atoms with E-state index in [1.165, 1.54) is 11.8 Å². The average molecular weight is 372 g/mol. The average Bonchev–Trinajstić information content (AvgIpc) is 2.64. The van der Waals surface area contributed by atoms with Crippen LogP contribution < -0.4 is 15.4 Å². The van der Waals surface area contributed by atoms with Crippen LogP contribution in [0.3, 0.4) is 0 Å². The van der Waals surface area contributed by atoms with Gasteiger partial charge < -0.3 is 15.4 Å². The third-order valence-corrected chi connectivity index (χ3v) is 4.36. The number of rotatable bonds is 10. The fraction of sp³-hybridized carbons (Fsp3) is 0.300. The third kappa shape index (κ3) is 7.61. The first-order valence-corrected chi connectivity index (χ1v) is 9.78. The highest BCUT2D eigenvalue weighted by molar-refractivity contribution is 8.00. The number of carbonyl (C=O) groups excluding carboxylic acids is 2. The standard InChI is InChI=1S/C20H24N2O3S/c1-2-3-13-25-18-11-9-17(10-12-18)22-20(24)15-26-14-19(23)21-16-7-5-4-6-8-16/h4-12H,2-3,13-15H2,1H3,(H,21,23)(H,22,24). The minimum absolute atomic E-state index is 0.123. The van der Waals surface area contributed by atoms with Gasteiger partial charge in [0.15, 0.2) is 0 Å². The molecule has 0 aliphatic carbocycles. The lowest BCUT2D eigenvalue weighted by molar-refractivity contribution is -0.114. The van der Waals surface area contributed by atoms with Gasteiger partial charge in [0.1, 0.15) is 5.75 Å². The largest absolute Gasteiger partial charge is 0.494 e. The molecule has 138 valence electrons. The van der Waals surface area contributed by atoms with Crippen LogP contribution in [0.5, 0.6) is 5.75 Å². The summed E-state index contributed by atoms with van der Waals surface area (Å²) in [6.07, 6.45) is 2.11. The molecule has 26 heavy (non-hydrogen) atoms. The van der Waals surface area contributed by atoms with Crippen molar-refractivity contribution in [2.75, 3.05) is 28.7 Å². The minimum atomic E-state index is -0.137. The number of amides is 2. The molecule has 0 heterocycles. The molecule has 2 amide bonds. The molecule has 0 atom stereocenters. The second-order valence-electron chi connectivity index (χ2n) is 5.68. The summed E-state index contributed by atoms with van der Waals surface area (Å²) < 4.78 is 5.59. The van der Waals surface area contributed by atoms with E-state index in [0.717, 1.165) is 24.3 Å². The second-order valence-corrected chi connectivity index (χ2v) is 6.67. The van der Waals surface area contributed by atoms with Crippen LogP contribution in [0.4, 0.5) is 11.4 Å². The van der Waals surface area contributed by atoms with Crippen LogP contribution in [0.25, 0.3) is 0 Å². The van der Waals surface area contributed by atoms with Crippen LogP contribution in [0.15, 0.2) is 54.6 Å². The summed E-state index contributed by atoms with van der Waals surface area (Å²) in [6.45, 7) is 2.81. The van der Waals surface area contributed by atoms with Crippen LogP contribution >= 0.6 is 11.8 Å². The molecular weight excluding hydrogens is 348 g/mol. The van der Waals surface area contributed by atoms with Gasteiger partial charge in [-0.15, -0.1) is 11.8 Å². The van der Waals surface area contributed by atoms with E-state index in [4.69, 9.17) is 4.74 Å². The Labute approximate surface area is 158 Å². The predicted octanol–water partition coefficient (Wildman–Crippen LogP) is 4.18. The smallest absolute Gasteiger partial charge is 0.234 e. The lowest BCUT2D eigenvalue weighted by Gasteiger charge is -2.08. The molecule has 0 aromatic heterocycles. The molecule has 0 bridgehead atoms. The maximum atomic E-state index is 12.0. The highest BCUT2D eigenvalue weighted by atomic mass is 32.2. The van der Waals surface area contributed by atoms with Gasteiger partial charge in [0, 0.05) is 11.4 Å². The van der Waals surface area contributed by atoms with Gasteiger partial charge in [0.05, 0.1) is 18.1 Å². The van der Waals surface area contributed by atoms with Crippen molar-refractivity contribution in [3.05, 3.63) is 54.6 Å². The van der Waals surface area contributed by atoms with Crippen molar-refractivity contribution in [1.82, 2.24) is 0 Å². The fourth-order valence-electron chi connectivity index (χ4n) is 2.12. The zero-order valence-electron chi connectivity index (χ0n) is 14.9. The number of hydrogen-bond donors (Lipinski definition) is 2. The Kier molecular flexibility index (Phi) is 8.55. The molecule has 0 unspecified atom stereocenters. The number of nitrogens with one attached hydrogen (secondary N) is 2. The van der Waals surface area contributed by atoms with E-state index >= 15 is 0 Å². The number of ether oxygens (including phenoxy) is 1. The number of hydrogen-bond acceptors (Lipinski definition) is 4. The number of anilines is 2. The minimum Gasteiger partial charge on any atom is -0.494 e. The first-order chi connectivity index (χ1) is 12.7. The maximum absolute atomic E-state index is 12.0. The molecule has 0 radical (unpaired) electrons. The molecule has 2 N–H and O–H groups in total. The molecule has 6 heteroatoms. The SMILES string of the molecule is CCCCOc1ccc(NC(=O)CSCC(=O)Nc2ccccc2)cc1. The predicted molar refractivity (Wildman–Crippen MR) is 108 cm³/mol. The number of benzene rings is 2. The highest BCUT2D eigenvalue weighted by Gasteiger charge is 2.07. The van der Waals surface area contributed by atoms with Crippen LogP contribution in [0, 0.1) is 0 Å². The summed E-state index contributed by atoms with van der Waals surface area (Å²) >= 11 is 1.28. The van der Waals surface area contributed by atoms with Gasteiger partial charge in [-0.3, -0.25) is 9.59 Å². The van der Waals surface area contributed by atoms with Crippen LogP contribution in [-0.4, -0.2) is 29.9 Å². The van der Waals surface area contributed by atoms with E-state index in [0.29, 0.717) is 12.3 Å². The molecule has 0 aliphatic rings. The lowest BCUT2D eigenvalue weighted by Crippen LogP contribution is -2.18. The first-order valence-electron chi connectivity index (χ1n) is 8.62. The molecule has 0 aliphatic heterocycles. The molecular formula is C20H24N2O3S. The number of unbranched alkanes of at least 4 members (excludes halogenated alkanes) is 1. The lowest BCUT2D eigenvalue weighted by atomic mass is 10.3. The zero-order chi connectivity index (χ0) is 18.6. The van der Waals surface area contributed by atoms with Crippen molar-refractivity contribution in [2.24, 2.45) is 0 Å². The Morgan fingerprint density at radius 3 is 2.04 bits per heavy atom. The molecule has 2 rings (SSSR count). The van der Waals surface area contributed by atoms with Crippen molar-refractivity contribution < 1.29 is 14.3 Å². The third-order valence-electron chi connectivity index (χ3n) is 3.43. The maximum Gasteiger partial charge on any atom is 0.234 e. The van der Waals surface area contributed by atoms with Crippen LogP contribution in [0.2, 0.25) is 0 Å². The highest BCUT2D eigenvalue weighted by Crippen LogP contribution is 2.16. The molecule has 0 fully saturated rings. The zero-order valence-corrected chi connectivity index (χ0v) is 15.7. The van der Waals surface area contributed by atoms with Crippen LogP contribution in [0.1, 0.15) is 19.8 Å². The van der Waals surface area contributed by atoms with Gasteiger partial charge in [0.2, 0.25) is 11.8 Å². The van der Waals surface area contributed by atoms with Crippen molar-refractivity contribution in [3.8, 4) is 5.75 Å². The van der Waals surface area contributed by atoms with Gasteiger partial charge in [-0.25, -0.2) is 0 Å². The van der Waals surface area contributed by atoms with E-state index in [-0.39, 0.29) is 23.3 Å². The summed E-state index contributed by atoms with van der Waals surface area (Å²) in [5.41, 5.74) is 1.47. The Balaban J connectivity index is 1.66. The van der Waals surface area contributed by atoms with Gasteiger partial charge >= 0.3 is 0 Å². The molecule has 2 aromatic carbocycles. The first kappa shape index (κ1) is 19.8. The Morgan fingerprint density at radius 2 is 1.46 bits per heavy atom. The summed E-state index contributed by atoms with van der Waals surface area (Å²) in [4.78, 5) is 23.8. The molecule has 5 nitrogen and oxygen atoms in total. The summed E-state index contributed by atoms with van der Waals surface area (Å²) in [5, 5.41) is 5.60. The van der Waals surface area contributed by atoms with E-state index in [1.807, 2.05) is 54.6 Å². The van der Waals surface area contributed by atoms with Gasteiger partial charge in [-0.2, -0.15) is 0 Å². The number of carbonyl (C=O) groups is 2. The van der Waals surface area contributed by atoms with E-state index in [2.05, 4.69) is 17.6 Å².